The van der Waals surface area contributed by atoms with Crippen LogP contribution in [0.5, 0.6) is 5.75 Å². The molecule has 5 heteroatoms. The minimum Gasteiger partial charge on any atom is -0.382 e. The molecule has 2 fully saturated rings. The van der Waals surface area contributed by atoms with E-state index in [1.165, 1.54) is 0 Å². The third-order valence-electron chi connectivity index (χ3n) is 7.51. The summed E-state index contributed by atoms with van der Waals surface area (Å²) in [6, 6.07) is 17.3. The van der Waals surface area contributed by atoms with Gasteiger partial charge in [0.05, 0.1) is 11.2 Å². The second-order valence-electron chi connectivity index (χ2n) is 9.09. The standard InChI is InChI=1S/C24H24O4S/c1-23(2)17-11-12-24(23,22(25)14-17)15-29(26,27)28-21-13-16-7-3-4-8-18(16)19-9-5-6-10-20(19)21/h3-10,13,17H,11-12,14-15H2,1-2H3/t17-,24+/m1/s1. The first-order valence-corrected chi connectivity index (χ1v) is 11.7. The molecule has 2 aliphatic rings. The van der Waals surface area contributed by atoms with Crippen LogP contribution < -0.4 is 4.18 Å². The Morgan fingerprint density at radius 2 is 1.66 bits per heavy atom. The Hall–Kier alpha value is -2.40. The third-order valence-corrected chi connectivity index (χ3v) is 8.79. The zero-order valence-corrected chi connectivity index (χ0v) is 17.5. The molecule has 0 aromatic heterocycles. The zero-order chi connectivity index (χ0) is 20.4. The lowest BCUT2D eigenvalue weighted by molar-refractivity contribution is -0.128. The monoisotopic (exact) mass is 408 g/mol. The van der Waals surface area contributed by atoms with Gasteiger partial charge in [0.25, 0.3) is 0 Å². The predicted octanol–water partition coefficient (Wildman–Crippen LogP) is 5.10. The maximum atomic E-state index is 13.2. The number of carbonyl (C=O) groups excluding carboxylic acids is 1. The van der Waals surface area contributed by atoms with Gasteiger partial charge in [-0.3, -0.25) is 4.79 Å². The second kappa shape index (κ2) is 6.05. The molecular formula is C24H24O4S. The van der Waals surface area contributed by atoms with Crippen LogP contribution >= 0.6 is 0 Å². The first-order valence-electron chi connectivity index (χ1n) is 10.1. The van der Waals surface area contributed by atoms with Crippen molar-refractivity contribution in [1.29, 1.82) is 0 Å². The highest BCUT2D eigenvalue weighted by atomic mass is 32.2. The topological polar surface area (TPSA) is 60.4 Å². The van der Waals surface area contributed by atoms with Crippen molar-refractivity contribution in [2.45, 2.75) is 33.1 Å². The van der Waals surface area contributed by atoms with Gasteiger partial charge in [0.1, 0.15) is 5.78 Å². The summed E-state index contributed by atoms with van der Waals surface area (Å²) in [4.78, 5) is 12.8. The average Bonchev–Trinajstić information content (AvgIpc) is 3.02. The summed E-state index contributed by atoms with van der Waals surface area (Å²) in [7, 11) is -3.95. The summed E-state index contributed by atoms with van der Waals surface area (Å²) in [6.45, 7) is 4.08. The van der Waals surface area contributed by atoms with E-state index in [4.69, 9.17) is 4.18 Å². The van der Waals surface area contributed by atoms with Crippen molar-refractivity contribution in [3.63, 3.8) is 0 Å². The fraction of sp³-hybridized carbons (Fsp3) is 0.375. The van der Waals surface area contributed by atoms with E-state index in [1.54, 1.807) is 6.07 Å². The summed E-state index contributed by atoms with van der Waals surface area (Å²) in [6.07, 6.45) is 2.03. The Kier molecular flexibility index (Phi) is 3.88. The minimum atomic E-state index is -3.95. The summed E-state index contributed by atoms with van der Waals surface area (Å²) in [5.74, 6) is 0.429. The summed E-state index contributed by atoms with van der Waals surface area (Å²) >= 11 is 0. The van der Waals surface area contributed by atoms with E-state index >= 15 is 0 Å². The smallest absolute Gasteiger partial charge is 0.310 e. The van der Waals surface area contributed by atoms with Gasteiger partial charge in [-0.15, -0.1) is 0 Å². The predicted molar refractivity (Wildman–Crippen MR) is 114 cm³/mol. The molecule has 29 heavy (non-hydrogen) atoms. The lowest BCUT2D eigenvalue weighted by atomic mass is 9.70. The number of hydrogen-bond acceptors (Lipinski definition) is 4. The van der Waals surface area contributed by atoms with Crippen LogP contribution in [0.2, 0.25) is 0 Å². The van der Waals surface area contributed by atoms with Crippen LogP contribution in [0.1, 0.15) is 33.1 Å². The van der Waals surface area contributed by atoms with E-state index in [-0.39, 0.29) is 22.9 Å². The van der Waals surface area contributed by atoms with Gasteiger partial charge in [-0.05, 0) is 46.4 Å². The zero-order valence-electron chi connectivity index (χ0n) is 16.6. The third kappa shape index (κ3) is 2.63. The Morgan fingerprint density at radius 3 is 2.31 bits per heavy atom. The maximum Gasteiger partial charge on any atom is 0.310 e. The Labute approximate surface area is 171 Å². The molecule has 2 atom stereocenters. The van der Waals surface area contributed by atoms with Crippen LogP contribution in [-0.4, -0.2) is 20.0 Å². The van der Waals surface area contributed by atoms with Gasteiger partial charge in [-0.1, -0.05) is 62.4 Å². The van der Waals surface area contributed by atoms with Crippen molar-refractivity contribution in [1.82, 2.24) is 0 Å². The van der Waals surface area contributed by atoms with Gasteiger partial charge in [0.2, 0.25) is 0 Å². The van der Waals surface area contributed by atoms with Crippen molar-refractivity contribution >= 4 is 37.4 Å². The number of benzene rings is 3. The van der Waals surface area contributed by atoms with Gasteiger partial charge in [-0.25, -0.2) is 0 Å². The molecule has 0 radical (unpaired) electrons. The number of hydrogen-bond donors (Lipinski definition) is 0. The molecule has 3 aromatic rings. The molecule has 0 aliphatic heterocycles. The van der Waals surface area contributed by atoms with E-state index in [9.17, 15) is 13.2 Å². The number of ketones is 1. The van der Waals surface area contributed by atoms with Gasteiger partial charge in [0, 0.05) is 11.8 Å². The van der Waals surface area contributed by atoms with Crippen molar-refractivity contribution in [2.24, 2.45) is 16.7 Å². The van der Waals surface area contributed by atoms with Crippen LogP contribution in [0.25, 0.3) is 21.5 Å². The molecule has 150 valence electrons. The molecule has 0 amide bonds. The first-order chi connectivity index (χ1) is 13.7. The van der Waals surface area contributed by atoms with Gasteiger partial charge in [0.15, 0.2) is 5.75 Å². The SMILES string of the molecule is CC1(C)[C@@H]2CC[C@]1(CS(=O)(=O)Oc1cc3ccccc3c3ccccc13)C(=O)C2. The molecule has 0 spiro atoms. The van der Waals surface area contributed by atoms with Crippen molar-refractivity contribution in [3.05, 3.63) is 54.6 Å². The van der Waals surface area contributed by atoms with Crippen LogP contribution in [-0.2, 0) is 14.9 Å². The molecule has 0 saturated heterocycles. The second-order valence-corrected chi connectivity index (χ2v) is 10.7. The molecule has 0 N–H and O–H groups in total. The summed E-state index contributed by atoms with van der Waals surface area (Å²) in [5, 5.41) is 3.69. The van der Waals surface area contributed by atoms with Gasteiger partial charge >= 0.3 is 10.1 Å². The van der Waals surface area contributed by atoms with Crippen molar-refractivity contribution in [3.8, 4) is 5.75 Å². The van der Waals surface area contributed by atoms with Crippen LogP contribution in [0.3, 0.4) is 0 Å². The van der Waals surface area contributed by atoms with Crippen LogP contribution in [0.15, 0.2) is 54.6 Å². The Bertz CT molecular complexity index is 1260. The fourth-order valence-corrected chi connectivity index (χ4v) is 7.42. The first kappa shape index (κ1) is 18.6. The van der Waals surface area contributed by atoms with E-state index in [0.717, 1.165) is 28.0 Å². The molecule has 2 aliphatic carbocycles. The Balaban J connectivity index is 1.58. The highest BCUT2D eigenvalue weighted by Crippen LogP contribution is 2.64. The fourth-order valence-electron chi connectivity index (χ4n) is 5.67. The minimum absolute atomic E-state index is 0.0781. The molecule has 5 rings (SSSR count). The molecule has 0 unspecified atom stereocenters. The largest absolute Gasteiger partial charge is 0.382 e. The van der Waals surface area contributed by atoms with E-state index < -0.39 is 15.5 Å². The maximum absolute atomic E-state index is 13.2. The summed E-state index contributed by atoms with van der Waals surface area (Å²) in [5.41, 5.74) is -1.14. The lowest BCUT2D eigenvalue weighted by Crippen LogP contribution is -2.43. The number of fused-ring (bicyclic) bond motifs is 5. The molecule has 2 bridgehead atoms. The average molecular weight is 409 g/mol. The van der Waals surface area contributed by atoms with E-state index in [2.05, 4.69) is 0 Å². The summed E-state index contributed by atoms with van der Waals surface area (Å²) < 4.78 is 32.0. The molecule has 2 saturated carbocycles. The normalized spacial score (nSPS) is 25.7. The van der Waals surface area contributed by atoms with Gasteiger partial charge in [-0.2, -0.15) is 8.42 Å². The quantitative estimate of drug-likeness (QED) is 0.445. The number of Topliss-reactive ketones (excluding diaryl/α,β-unsaturated/α-hetero) is 1. The van der Waals surface area contributed by atoms with Crippen molar-refractivity contribution in [2.75, 3.05) is 5.75 Å². The van der Waals surface area contributed by atoms with Gasteiger partial charge < -0.3 is 4.18 Å². The molecule has 4 nitrogen and oxygen atoms in total. The molecular weight excluding hydrogens is 384 g/mol. The lowest BCUT2D eigenvalue weighted by Gasteiger charge is -2.35. The molecule has 0 heterocycles. The number of carbonyl (C=O) groups is 1. The highest BCUT2D eigenvalue weighted by Gasteiger charge is 2.65. The van der Waals surface area contributed by atoms with Crippen LogP contribution in [0.4, 0.5) is 0 Å². The highest BCUT2D eigenvalue weighted by molar-refractivity contribution is 7.87. The van der Waals surface area contributed by atoms with E-state index in [0.29, 0.717) is 18.6 Å². The number of rotatable bonds is 4. The van der Waals surface area contributed by atoms with Crippen molar-refractivity contribution < 1.29 is 17.4 Å². The van der Waals surface area contributed by atoms with Crippen LogP contribution in [0, 0.1) is 16.7 Å². The van der Waals surface area contributed by atoms with E-state index in [1.807, 2.05) is 62.4 Å². The molecule has 3 aromatic carbocycles. The Morgan fingerprint density at radius 1 is 1.00 bits per heavy atom.